The first-order valence-electron chi connectivity index (χ1n) is 7.56. The van der Waals surface area contributed by atoms with E-state index in [1.165, 1.54) is 0 Å². The molecule has 21 heavy (non-hydrogen) atoms. The first-order chi connectivity index (χ1) is 10.1. The van der Waals surface area contributed by atoms with Gasteiger partial charge < -0.3 is 9.84 Å². The fraction of sp³-hybridized carbons (Fsp3) is 0.471. The van der Waals surface area contributed by atoms with Crippen LogP contribution in [0.1, 0.15) is 43.3 Å². The van der Waals surface area contributed by atoms with Crippen molar-refractivity contribution in [2.24, 2.45) is 7.05 Å². The summed E-state index contributed by atoms with van der Waals surface area (Å²) in [6.07, 6.45) is 1.95. The van der Waals surface area contributed by atoms with E-state index in [1.807, 2.05) is 36.0 Å². The molecule has 2 aromatic rings. The summed E-state index contributed by atoms with van der Waals surface area (Å²) in [7, 11) is 1.92. The Labute approximate surface area is 126 Å². The van der Waals surface area contributed by atoms with Crippen molar-refractivity contribution in [3.8, 4) is 5.75 Å². The zero-order valence-corrected chi connectivity index (χ0v) is 13.0. The maximum atomic E-state index is 10.4. The van der Waals surface area contributed by atoms with Crippen LogP contribution < -0.4 is 4.74 Å². The van der Waals surface area contributed by atoms with E-state index in [1.54, 1.807) is 0 Å². The molecule has 0 saturated carbocycles. The molecular formula is C17H24N2O2. The lowest BCUT2D eigenvalue weighted by molar-refractivity contribution is 0.175. The van der Waals surface area contributed by atoms with Crippen LogP contribution in [0.5, 0.6) is 5.75 Å². The Morgan fingerprint density at radius 1 is 1.24 bits per heavy atom. The molecule has 0 radical (unpaired) electrons. The van der Waals surface area contributed by atoms with E-state index in [0.717, 1.165) is 42.1 Å². The van der Waals surface area contributed by atoms with Gasteiger partial charge in [-0.15, -0.1) is 0 Å². The van der Waals surface area contributed by atoms with Crippen molar-refractivity contribution in [2.75, 3.05) is 6.61 Å². The monoisotopic (exact) mass is 288 g/mol. The molecule has 0 amide bonds. The highest BCUT2D eigenvalue weighted by Gasteiger charge is 2.12. The number of benzene rings is 1. The molecule has 0 aliphatic heterocycles. The quantitative estimate of drug-likeness (QED) is 0.852. The van der Waals surface area contributed by atoms with Gasteiger partial charge in [-0.2, -0.15) is 5.10 Å². The van der Waals surface area contributed by atoms with Gasteiger partial charge in [0.25, 0.3) is 0 Å². The molecule has 1 aromatic carbocycles. The molecule has 4 heteroatoms. The van der Waals surface area contributed by atoms with E-state index < -0.39 is 6.10 Å². The largest absolute Gasteiger partial charge is 0.494 e. The van der Waals surface area contributed by atoms with Gasteiger partial charge in [0.2, 0.25) is 0 Å². The van der Waals surface area contributed by atoms with Crippen molar-refractivity contribution in [1.29, 1.82) is 0 Å². The summed E-state index contributed by atoms with van der Waals surface area (Å²) in [5.74, 6) is 0.849. The summed E-state index contributed by atoms with van der Waals surface area (Å²) in [4.78, 5) is 0. The number of hydrogen-bond donors (Lipinski definition) is 1. The van der Waals surface area contributed by atoms with Crippen molar-refractivity contribution in [3.05, 3.63) is 47.3 Å². The van der Waals surface area contributed by atoms with Gasteiger partial charge in [0.05, 0.1) is 18.4 Å². The molecule has 1 unspecified atom stereocenters. The van der Waals surface area contributed by atoms with Gasteiger partial charge in [0.1, 0.15) is 5.75 Å². The lowest BCUT2D eigenvalue weighted by Gasteiger charge is -2.12. The number of rotatable bonds is 7. The Morgan fingerprint density at radius 2 is 1.95 bits per heavy atom. The SMILES string of the molecule is CCCOc1ccc(C(O)Cc2cc(CC)nn2C)cc1. The van der Waals surface area contributed by atoms with Crippen LogP contribution in [0.2, 0.25) is 0 Å². The topological polar surface area (TPSA) is 47.3 Å². The molecular weight excluding hydrogens is 264 g/mol. The average Bonchev–Trinajstić information content (AvgIpc) is 2.86. The van der Waals surface area contributed by atoms with Gasteiger partial charge in [-0.05, 0) is 36.6 Å². The smallest absolute Gasteiger partial charge is 0.119 e. The number of nitrogens with zero attached hydrogens (tertiary/aromatic N) is 2. The van der Waals surface area contributed by atoms with Gasteiger partial charge >= 0.3 is 0 Å². The van der Waals surface area contributed by atoms with Crippen LogP contribution in [-0.4, -0.2) is 21.5 Å². The summed E-state index contributed by atoms with van der Waals surface area (Å²) in [5, 5.41) is 14.8. The minimum atomic E-state index is -0.523. The molecule has 0 spiro atoms. The van der Waals surface area contributed by atoms with Crippen LogP contribution >= 0.6 is 0 Å². The molecule has 1 aromatic heterocycles. The summed E-state index contributed by atoms with van der Waals surface area (Å²) in [5.41, 5.74) is 3.01. The molecule has 1 N–H and O–H groups in total. The first-order valence-corrected chi connectivity index (χ1v) is 7.56. The fourth-order valence-electron chi connectivity index (χ4n) is 2.26. The lowest BCUT2D eigenvalue weighted by atomic mass is 10.0. The van der Waals surface area contributed by atoms with Crippen molar-refractivity contribution in [3.63, 3.8) is 0 Å². The van der Waals surface area contributed by atoms with Gasteiger partial charge in [0.15, 0.2) is 0 Å². The predicted molar refractivity (Wildman–Crippen MR) is 83.5 cm³/mol. The molecule has 0 bridgehead atoms. The molecule has 0 fully saturated rings. The summed E-state index contributed by atoms with van der Waals surface area (Å²) in [6.45, 7) is 4.88. The van der Waals surface area contributed by atoms with Crippen molar-refractivity contribution < 1.29 is 9.84 Å². The highest BCUT2D eigenvalue weighted by Crippen LogP contribution is 2.21. The number of aryl methyl sites for hydroxylation is 2. The van der Waals surface area contributed by atoms with Crippen LogP contribution in [0.25, 0.3) is 0 Å². The molecule has 2 rings (SSSR count). The summed E-state index contributed by atoms with van der Waals surface area (Å²) in [6, 6.07) is 9.73. The number of hydrogen-bond acceptors (Lipinski definition) is 3. The van der Waals surface area contributed by atoms with E-state index in [2.05, 4.69) is 25.0 Å². The van der Waals surface area contributed by atoms with Crippen LogP contribution in [-0.2, 0) is 19.9 Å². The third-order valence-corrected chi connectivity index (χ3v) is 3.53. The number of aliphatic hydroxyl groups excluding tert-OH is 1. The van der Waals surface area contributed by atoms with Crippen molar-refractivity contribution in [2.45, 2.75) is 39.2 Å². The molecule has 1 heterocycles. The number of aromatic nitrogens is 2. The third kappa shape index (κ3) is 4.08. The maximum absolute atomic E-state index is 10.4. The van der Waals surface area contributed by atoms with E-state index in [4.69, 9.17) is 4.74 Å². The fourth-order valence-corrected chi connectivity index (χ4v) is 2.26. The normalized spacial score (nSPS) is 12.4. The molecule has 4 nitrogen and oxygen atoms in total. The third-order valence-electron chi connectivity index (χ3n) is 3.53. The Bertz CT molecular complexity index is 561. The number of aliphatic hydroxyl groups is 1. The highest BCUT2D eigenvalue weighted by atomic mass is 16.5. The highest BCUT2D eigenvalue weighted by molar-refractivity contribution is 5.29. The molecule has 0 saturated heterocycles. The van der Waals surface area contributed by atoms with Crippen LogP contribution in [0.3, 0.4) is 0 Å². The van der Waals surface area contributed by atoms with E-state index in [0.29, 0.717) is 6.42 Å². The van der Waals surface area contributed by atoms with E-state index in [-0.39, 0.29) is 0 Å². The maximum Gasteiger partial charge on any atom is 0.119 e. The second-order valence-electron chi connectivity index (χ2n) is 5.24. The van der Waals surface area contributed by atoms with E-state index >= 15 is 0 Å². The van der Waals surface area contributed by atoms with Gasteiger partial charge in [0, 0.05) is 19.2 Å². The minimum Gasteiger partial charge on any atom is -0.494 e. The summed E-state index contributed by atoms with van der Waals surface area (Å²) >= 11 is 0. The zero-order chi connectivity index (χ0) is 15.2. The van der Waals surface area contributed by atoms with E-state index in [9.17, 15) is 5.11 Å². The van der Waals surface area contributed by atoms with Crippen molar-refractivity contribution in [1.82, 2.24) is 9.78 Å². The Hall–Kier alpha value is -1.81. The second kappa shape index (κ2) is 7.27. The summed E-state index contributed by atoms with van der Waals surface area (Å²) < 4.78 is 7.40. The van der Waals surface area contributed by atoms with Crippen LogP contribution in [0.4, 0.5) is 0 Å². The number of ether oxygens (including phenoxy) is 1. The van der Waals surface area contributed by atoms with Crippen LogP contribution in [0, 0.1) is 0 Å². The molecule has 0 aliphatic rings. The van der Waals surface area contributed by atoms with Gasteiger partial charge in [-0.25, -0.2) is 0 Å². The van der Waals surface area contributed by atoms with Gasteiger partial charge in [-0.3, -0.25) is 4.68 Å². The van der Waals surface area contributed by atoms with Gasteiger partial charge in [-0.1, -0.05) is 26.0 Å². The Morgan fingerprint density at radius 3 is 2.52 bits per heavy atom. The first kappa shape index (κ1) is 15.6. The standard InChI is InChI=1S/C17H24N2O2/c1-4-10-21-16-8-6-13(7-9-16)17(20)12-15-11-14(5-2)18-19(15)3/h6-9,11,17,20H,4-5,10,12H2,1-3H3. The molecule has 0 aliphatic carbocycles. The minimum absolute atomic E-state index is 0.523. The zero-order valence-electron chi connectivity index (χ0n) is 13.0. The molecule has 1 atom stereocenters. The Balaban J connectivity index is 2.02. The Kier molecular flexibility index (Phi) is 5.39. The lowest BCUT2D eigenvalue weighted by Crippen LogP contribution is -2.06. The molecule has 114 valence electrons. The van der Waals surface area contributed by atoms with Crippen molar-refractivity contribution >= 4 is 0 Å². The second-order valence-corrected chi connectivity index (χ2v) is 5.24. The van der Waals surface area contributed by atoms with Crippen LogP contribution in [0.15, 0.2) is 30.3 Å². The predicted octanol–water partition coefficient (Wildman–Crippen LogP) is 3.05. The average molecular weight is 288 g/mol.